The summed E-state index contributed by atoms with van der Waals surface area (Å²) in [6, 6.07) is 9.66. The lowest BCUT2D eigenvalue weighted by molar-refractivity contribution is -0.134. The lowest BCUT2D eigenvalue weighted by atomic mass is 10.2. The van der Waals surface area contributed by atoms with E-state index in [9.17, 15) is 9.59 Å². The number of benzene rings is 1. The number of rotatable bonds is 6. The van der Waals surface area contributed by atoms with Crippen molar-refractivity contribution in [2.24, 2.45) is 0 Å². The van der Waals surface area contributed by atoms with Crippen molar-refractivity contribution in [2.45, 2.75) is 26.8 Å². The van der Waals surface area contributed by atoms with Crippen LogP contribution in [0.3, 0.4) is 0 Å². The Hall–Kier alpha value is -1.84. The summed E-state index contributed by atoms with van der Waals surface area (Å²) in [5.74, 6) is -0.200. The highest BCUT2D eigenvalue weighted by Gasteiger charge is 2.13. The van der Waals surface area contributed by atoms with Gasteiger partial charge in [-0.2, -0.15) is 0 Å². The highest BCUT2D eigenvalue weighted by molar-refractivity contribution is 5.83. The quantitative estimate of drug-likeness (QED) is 0.830. The molecule has 0 aliphatic carbocycles. The van der Waals surface area contributed by atoms with E-state index in [1.54, 1.807) is 4.90 Å². The number of nitrogens with zero attached hydrogens (tertiary/aromatic N) is 1. The van der Waals surface area contributed by atoms with Gasteiger partial charge in [-0.15, -0.1) is 0 Å². The molecule has 4 heteroatoms. The van der Waals surface area contributed by atoms with Crippen molar-refractivity contribution in [3.05, 3.63) is 35.9 Å². The van der Waals surface area contributed by atoms with Gasteiger partial charge in [0.2, 0.25) is 11.8 Å². The first kappa shape index (κ1) is 14.2. The molecule has 0 aliphatic rings. The van der Waals surface area contributed by atoms with Crippen LogP contribution in [0.15, 0.2) is 30.3 Å². The average molecular weight is 248 g/mol. The number of hydrogen-bond donors (Lipinski definition) is 1. The summed E-state index contributed by atoms with van der Waals surface area (Å²) in [5, 5.41) is 2.77. The van der Waals surface area contributed by atoms with E-state index in [0.29, 0.717) is 13.1 Å². The average Bonchev–Trinajstić information content (AvgIpc) is 2.36. The van der Waals surface area contributed by atoms with Gasteiger partial charge in [-0.05, 0) is 12.0 Å². The van der Waals surface area contributed by atoms with Gasteiger partial charge < -0.3 is 10.2 Å². The van der Waals surface area contributed by atoms with Crippen LogP contribution >= 0.6 is 0 Å². The molecule has 98 valence electrons. The molecular formula is C14H20N2O2. The normalized spacial score (nSPS) is 9.89. The molecule has 1 aromatic carbocycles. The lowest BCUT2D eigenvalue weighted by Crippen LogP contribution is -2.39. The SMILES string of the molecule is CCCNC(=O)CN(Cc1ccccc1)C(C)=O. The zero-order chi connectivity index (χ0) is 13.4. The predicted octanol–water partition coefficient (Wildman–Crippen LogP) is 1.56. The van der Waals surface area contributed by atoms with Gasteiger partial charge in [-0.3, -0.25) is 9.59 Å². The molecule has 0 aromatic heterocycles. The van der Waals surface area contributed by atoms with Gasteiger partial charge in [-0.25, -0.2) is 0 Å². The summed E-state index contributed by atoms with van der Waals surface area (Å²) in [6.07, 6.45) is 0.893. The van der Waals surface area contributed by atoms with E-state index in [2.05, 4.69) is 5.32 Å². The Morgan fingerprint density at radius 1 is 1.22 bits per heavy atom. The lowest BCUT2D eigenvalue weighted by Gasteiger charge is -2.20. The second-order valence-corrected chi connectivity index (χ2v) is 4.21. The Morgan fingerprint density at radius 3 is 2.44 bits per heavy atom. The first-order valence-corrected chi connectivity index (χ1v) is 6.19. The highest BCUT2D eigenvalue weighted by atomic mass is 16.2. The molecule has 0 saturated carbocycles. The van der Waals surface area contributed by atoms with Crippen LogP contribution in [0, 0.1) is 0 Å². The van der Waals surface area contributed by atoms with Gasteiger partial charge in [0.05, 0.1) is 6.54 Å². The molecule has 0 atom stereocenters. The zero-order valence-corrected chi connectivity index (χ0v) is 11.0. The van der Waals surface area contributed by atoms with E-state index in [0.717, 1.165) is 12.0 Å². The van der Waals surface area contributed by atoms with Crippen LogP contribution in [0.25, 0.3) is 0 Å². The van der Waals surface area contributed by atoms with Crippen LogP contribution in [0.5, 0.6) is 0 Å². The first-order valence-electron chi connectivity index (χ1n) is 6.19. The van der Waals surface area contributed by atoms with Crippen LogP contribution in [0.2, 0.25) is 0 Å². The van der Waals surface area contributed by atoms with Gasteiger partial charge in [0.25, 0.3) is 0 Å². The highest BCUT2D eigenvalue weighted by Crippen LogP contribution is 2.04. The maximum Gasteiger partial charge on any atom is 0.239 e. The topological polar surface area (TPSA) is 49.4 Å². The minimum absolute atomic E-state index is 0.0921. The van der Waals surface area contributed by atoms with Gasteiger partial charge in [0.15, 0.2) is 0 Å². The molecule has 1 rings (SSSR count). The maximum atomic E-state index is 11.6. The molecule has 1 aromatic rings. The summed E-state index contributed by atoms with van der Waals surface area (Å²) >= 11 is 0. The fourth-order valence-electron chi connectivity index (χ4n) is 1.58. The third kappa shape index (κ3) is 4.99. The molecule has 1 N–H and O–H groups in total. The third-order valence-corrected chi connectivity index (χ3v) is 2.57. The largest absolute Gasteiger partial charge is 0.355 e. The Bertz CT molecular complexity index is 390. The number of carbonyl (C=O) groups is 2. The molecule has 2 amide bonds. The Kier molecular flexibility index (Phi) is 5.91. The van der Waals surface area contributed by atoms with Crippen LogP contribution in [-0.2, 0) is 16.1 Å². The van der Waals surface area contributed by atoms with E-state index < -0.39 is 0 Å². The summed E-state index contributed by atoms with van der Waals surface area (Å²) in [7, 11) is 0. The van der Waals surface area contributed by atoms with E-state index in [-0.39, 0.29) is 18.4 Å². The smallest absolute Gasteiger partial charge is 0.239 e. The molecule has 4 nitrogen and oxygen atoms in total. The van der Waals surface area contributed by atoms with Crippen LogP contribution in [0.4, 0.5) is 0 Å². The molecule has 0 radical (unpaired) electrons. The molecule has 0 aliphatic heterocycles. The molecular weight excluding hydrogens is 228 g/mol. The minimum Gasteiger partial charge on any atom is -0.355 e. The first-order chi connectivity index (χ1) is 8.63. The number of hydrogen-bond acceptors (Lipinski definition) is 2. The zero-order valence-electron chi connectivity index (χ0n) is 11.0. The minimum atomic E-state index is -0.108. The molecule has 18 heavy (non-hydrogen) atoms. The fourth-order valence-corrected chi connectivity index (χ4v) is 1.58. The summed E-state index contributed by atoms with van der Waals surface area (Å²) < 4.78 is 0. The predicted molar refractivity (Wildman–Crippen MR) is 70.8 cm³/mol. The van der Waals surface area contributed by atoms with E-state index >= 15 is 0 Å². The Labute approximate surface area is 108 Å². The van der Waals surface area contributed by atoms with E-state index in [4.69, 9.17) is 0 Å². The summed E-state index contributed by atoms with van der Waals surface area (Å²) in [6.45, 7) is 4.71. The Morgan fingerprint density at radius 2 is 1.89 bits per heavy atom. The molecule has 0 unspecified atom stereocenters. The van der Waals surface area contributed by atoms with Crippen molar-refractivity contribution in [2.75, 3.05) is 13.1 Å². The Balaban J connectivity index is 2.55. The van der Waals surface area contributed by atoms with Crippen molar-refractivity contribution >= 4 is 11.8 Å². The van der Waals surface area contributed by atoms with Gasteiger partial charge in [-0.1, -0.05) is 37.3 Å². The van der Waals surface area contributed by atoms with Crippen molar-refractivity contribution in [3.63, 3.8) is 0 Å². The van der Waals surface area contributed by atoms with Crippen LogP contribution in [0.1, 0.15) is 25.8 Å². The van der Waals surface area contributed by atoms with Crippen molar-refractivity contribution < 1.29 is 9.59 Å². The monoisotopic (exact) mass is 248 g/mol. The number of carbonyl (C=O) groups excluding carboxylic acids is 2. The third-order valence-electron chi connectivity index (χ3n) is 2.57. The molecule has 0 fully saturated rings. The van der Waals surface area contributed by atoms with Gasteiger partial charge >= 0.3 is 0 Å². The van der Waals surface area contributed by atoms with Gasteiger partial charge in [0.1, 0.15) is 0 Å². The standard InChI is InChI=1S/C14H20N2O2/c1-3-9-15-14(18)11-16(12(2)17)10-13-7-5-4-6-8-13/h4-8H,3,9-11H2,1-2H3,(H,15,18). The molecule has 0 spiro atoms. The van der Waals surface area contributed by atoms with Crippen molar-refractivity contribution in [1.82, 2.24) is 10.2 Å². The van der Waals surface area contributed by atoms with E-state index in [1.807, 2.05) is 37.3 Å². The van der Waals surface area contributed by atoms with E-state index in [1.165, 1.54) is 6.92 Å². The molecule has 0 heterocycles. The maximum absolute atomic E-state index is 11.6. The fraction of sp³-hybridized carbons (Fsp3) is 0.429. The molecule has 0 saturated heterocycles. The number of nitrogens with one attached hydrogen (secondary N) is 1. The second kappa shape index (κ2) is 7.48. The van der Waals surface area contributed by atoms with Crippen LogP contribution in [-0.4, -0.2) is 29.8 Å². The van der Waals surface area contributed by atoms with Crippen molar-refractivity contribution in [1.29, 1.82) is 0 Å². The van der Waals surface area contributed by atoms with Crippen molar-refractivity contribution in [3.8, 4) is 0 Å². The van der Waals surface area contributed by atoms with Crippen LogP contribution < -0.4 is 5.32 Å². The second-order valence-electron chi connectivity index (χ2n) is 4.21. The summed E-state index contributed by atoms with van der Waals surface area (Å²) in [5.41, 5.74) is 1.02. The summed E-state index contributed by atoms with van der Waals surface area (Å²) in [4.78, 5) is 24.6. The number of amides is 2. The van der Waals surface area contributed by atoms with Gasteiger partial charge in [0, 0.05) is 20.0 Å². The molecule has 0 bridgehead atoms.